The number of carbonyl (C=O) groups excluding carboxylic acids is 1. The highest BCUT2D eigenvalue weighted by Gasteiger charge is 2.11. The maximum Gasteiger partial charge on any atom is 0.193 e. The van der Waals surface area contributed by atoms with Crippen LogP contribution in [-0.4, -0.2) is 12.9 Å². The first-order chi connectivity index (χ1) is 9.69. The third-order valence-electron chi connectivity index (χ3n) is 3.11. The molecule has 0 fully saturated rings. The molecule has 2 nitrogen and oxygen atoms in total. The first-order valence-corrected chi connectivity index (χ1v) is 8.36. The van der Waals surface area contributed by atoms with E-state index < -0.39 is 0 Å². The van der Waals surface area contributed by atoms with Gasteiger partial charge < -0.3 is 4.74 Å². The van der Waals surface area contributed by atoms with E-state index >= 15 is 0 Å². The quantitative estimate of drug-likeness (QED) is 0.539. The zero-order valence-corrected chi connectivity index (χ0v) is 14.2. The van der Waals surface area contributed by atoms with Crippen LogP contribution in [0.4, 0.5) is 0 Å². The van der Waals surface area contributed by atoms with Crippen LogP contribution in [0.1, 0.15) is 27.0 Å². The van der Waals surface area contributed by atoms with Crippen molar-refractivity contribution in [3.05, 3.63) is 64.7 Å². The molecule has 0 unspecified atom stereocenters. The van der Waals surface area contributed by atoms with Crippen molar-refractivity contribution in [1.29, 1.82) is 0 Å². The van der Waals surface area contributed by atoms with Crippen LogP contribution in [0.2, 0.25) is 0 Å². The number of hydrogen-bond acceptors (Lipinski definition) is 2. The molecule has 0 bridgehead atoms. The Morgan fingerprint density at radius 2 is 1.55 bits per heavy atom. The first-order valence-electron chi connectivity index (χ1n) is 6.12. The van der Waals surface area contributed by atoms with E-state index in [4.69, 9.17) is 4.74 Å². The molecule has 0 spiro atoms. The van der Waals surface area contributed by atoms with Gasteiger partial charge in [-0.1, -0.05) is 44.0 Å². The largest absolute Gasteiger partial charge is 0.497 e. The third kappa shape index (κ3) is 3.30. The molecule has 0 amide bonds. The van der Waals surface area contributed by atoms with E-state index in [0.717, 1.165) is 22.0 Å². The number of carbonyl (C=O) groups is 1. The third-order valence-corrected chi connectivity index (χ3v) is 4.32. The lowest BCUT2D eigenvalue weighted by Gasteiger charge is -2.08. The molecule has 2 aromatic rings. The highest BCUT2D eigenvalue weighted by Crippen LogP contribution is 2.21. The van der Waals surface area contributed by atoms with Gasteiger partial charge in [-0.3, -0.25) is 4.79 Å². The Morgan fingerprint density at radius 3 is 2.10 bits per heavy atom. The van der Waals surface area contributed by atoms with E-state index in [0.29, 0.717) is 11.1 Å². The Bertz CT molecular complexity index is 606. The van der Waals surface area contributed by atoms with Crippen molar-refractivity contribution >= 4 is 37.6 Å². The molecule has 0 atom stereocenters. The van der Waals surface area contributed by atoms with Crippen molar-refractivity contribution in [2.75, 3.05) is 7.11 Å². The summed E-state index contributed by atoms with van der Waals surface area (Å²) in [4.78, 5) is 12.4. The maximum atomic E-state index is 12.4. The molecule has 0 saturated heterocycles. The summed E-state index contributed by atoms with van der Waals surface area (Å²) < 4.78 is 5.10. The van der Waals surface area contributed by atoms with Gasteiger partial charge in [0, 0.05) is 21.8 Å². The SMILES string of the molecule is COc1ccc(C(=O)c2ccc(CBr)c(CBr)c2)cc1. The van der Waals surface area contributed by atoms with E-state index in [1.165, 1.54) is 5.56 Å². The molecule has 0 radical (unpaired) electrons. The molecular weight excluding hydrogens is 384 g/mol. The topological polar surface area (TPSA) is 26.3 Å². The predicted molar refractivity (Wildman–Crippen MR) is 88.1 cm³/mol. The number of benzene rings is 2. The highest BCUT2D eigenvalue weighted by molar-refractivity contribution is 9.09. The summed E-state index contributed by atoms with van der Waals surface area (Å²) in [5.41, 5.74) is 3.68. The summed E-state index contributed by atoms with van der Waals surface area (Å²) in [5, 5.41) is 1.52. The normalized spacial score (nSPS) is 10.3. The molecule has 0 saturated carbocycles. The molecule has 0 aliphatic carbocycles. The smallest absolute Gasteiger partial charge is 0.193 e. The second kappa shape index (κ2) is 7.04. The Kier molecular flexibility index (Phi) is 5.38. The average molecular weight is 398 g/mol. The molecule has 2 aromatic carbocycles. The van der Waals surface area contributed by atoms with Gasteiger partial charge in [0.25, 0.3) is 0 Å². The Hall–Kier alpha value is -1.13. The number of ether oxygens (including phenoxy) is 1. The van der Waals surface area contributed by atoms with Crippen molar-refractivity contribution in [2.24, 2.45) is 0 Å². The minimum absolute atomic E-state index is 0.0241. The minimum Gasteiger partial charge on any atom is -0.497 e. The van der Waals surface area contributed by atoms with E-state index in [9.17, 15) is 4.79 Å². The molecule has 2 rings (SSSR count). The lowest BCUT2D eigenvalue weighted by Crippen LogP contribution is -2.03. The minimum atomic E-state index is 0.0241. The summed E-state index contributed by atoms with van der Waals surface area (Å²) in [7, 11) is 1.61. The molecular formula is C16H14Br2O2. The number of alkyl halides is 2. The van der Waals surface area contributed by atoms with Crippen LogP contribution >= 0.6 is 31.9 Å². The standard InChI is InChI=1S/C16H14Br2O2/c1-20-15-6-4-11(5-7-15)16(19)12-2-3-13(9-17)14(8-12)10-18/h2-8H,9-10H2,1H3. The van der Waals surface area contributed by atoms with Gasteiger partial charge in [-0.25, -0.2) is 0 Å². The lowest BCUT2D eigenvalue weighted by atomic mass is 9.99. The van der Waals surface area contributed by atoms with Crippen LogP contribution in [0.15, 0.2) is 42.5 Å². The second-order valence-corrected chi connectivity index (χ2v) is 5.43. The predicted octanol–water partition coefficient (Wildman–Crippen LogP) is 4.72. The Balaban J connectivity index is 2.32. The van der Waals surface area contributed by atoms with E-state index in [1.807, 2.05) is 18.2 Å². The number of methoxy groups -OCH3 is 1. The molecule has 0 aliphatic rings. The van der Waals surface area contributed by atoms with Crippen molar-refractivity contribution in [1.82, 2.24) is 0 Å². The fourth-order valence-corrected chi connectivity index (χ4v) is 3.00. The summed E-state index contributed by atoms with van der Waals surface area (Å²) in [6, 6.07) is 13.0. The molecule has 0 aliphatic heterocycles. The lowest BCUT2D eigenvalue weighted by molar-refractivity contribution is 0.103. The number of rotatable bonds is 5. The summed E-state index contributed by atoms with van der Waals surface area (Å²) in [6.07, 6.45) is 0. The first kappa shape index (κ1) is 15.3. The van der Waals surface area contributed by atoms with Crippen molar-refractivity contribution < 1.29 is 9.53 Å². The highest BCUT2D eigenvalue weighted by atomic mass is 79.9. The maximum absolute atomic E-state index is 12.4. The fraction of sp³-hybridized carbons (Fsp3) is 0.188. The summed E-state index contributed by atoms with van der Waals surface area (Å²) in [6.45, 7) is 0. The average Bonchev–Trinajstić information content (AvgIpc) is 2.53. The van der Waals surface area contributed by atoms with Crippen molar-refractivity contribution in [3.8, 4) is 5.75 Å². The Labute approximate surface area is 135 Å². The molecule has 0 heterocycles. The summed E-state index contributed by atoms with van der Waals surface area (Å²) in [5.74, 6) is 0.772. The second-order valence-electron chi connectivity index (χ2n) is 4.31. The van der Waals surface area contributed by atoms with Crippen LogP contribution in [-0.2, 0) is 10.7 Å². The van der Waals surface area contributed by atoms with Crippen LogP contribution in [0.5, 0.6) is 5.75 Å². The van der Waals surface area contributed by atoms with Gasteiger partial charge >= 0.3 is 0 Å². The van der Waals surface area contributed by atoms with Crippen LogP contribution in [0.25, 0.3) is 0 Å². The van der Waals surface area contributed by atoms with Gasteiger partial charge in [0.1, 0.15) is 5.75 Å². The van der Waals surface area contributed by atoms with E-state index in [1.54, 1.807) is 31.4 Å². The zero-order chi connectivity index (χ0) is 14.5. The van der Waals surface area contributed by atoms with Crippen LogP contribution < -0.4 is 4.74 Å². The molecule has 0 aromatic heterocycles. The van der Waals surface area contributed by atoms with Gasteiger partial charge in [0.2, 0.25) is 0 Å². The molecule has 20 heavy (non-hydrogen) atoms. The Morgan fingerprint density at radius 1 is 0.950 bits per heavy atom. The van der Waals surface area contributed by atoms with Crippen LogP contribution in [0.3, 0.4) is 0 Å². The van der Waals surface area contributed by atoms with Gasteiger partial charge in [0.05, 0.1) is 7.11 Å². The summed E-state index contributed by atoms with van der Waals surface area (Å²) >= 11 is 6.91. The van der Waals surface area contributed by atoms with Crippen molar-refractivity contribution in [2.45, 2.75) is 10.7 Å². The van der Waals surface area contributed by atoms with E-state index in [2.05, 4.69) is 31.9 Å². The fourth-order valence-electron chi connectivity index (χ4n) is 1.93. The van der Waals surface area contributed by atoms with Gasteiger partial charge in [0.15, 0.2) is 5.78 Å². The molecule has 104 valence electrons. The molecule has 0 N–H and O–H groups in total. The van der Waals surface area contributed by atoms with Crippen molar-refractivity contribution in [3.63, 3.8) is 0 Å². The van der Waals surface area contributed by atoms with Gasteiger partial charge in [-0.2, -0.15) is 0 Å². The van der Waals surface area contributed by atoms with E-state index in [-0.39, 0.29) is 5.78 Å². The zero-order valence-electron chi connectivity index (χ0n) is 11.0. The number of hydrogen-bond donors (Lipinski definition) is 0. The van der Waals surface area contributed by atoms with Gasteiger partial charge in [-0.15, -0.1) is 0 Å². The molecule has 4 heteroatoms. The number of halogens is 2. The number of ketones is 1. The van der Waals surface area contributed by atoms with Crippen LogP contribution in [0, 0.1) is 0 Å². The van der Waals surface area contributed by atoms with Gasteiger partial charge in [-0.05, 0) is 41.5 Å². The monoisotopic (exact) mass is 396 g/mol.